The van der Waals surface area contributed by atoms with Crippen molar-refractivity contribution in [3.63, 3.8) is 0 Å². The number of anilines is 1. The highest BCUT2D eigenvalue weighted by Crippen LogP contribution is 2.27. The van der Waals surface area contributed by atoms with Gasteiger partial charge in [0.25, 0.3) is 0 Å². The fourth-order valence-corrected chi connectivity index (χ4v) is 1.65. The molecular formula is C11H13NO. The first kappa shape index (κ1) is 8.17. The van der Waals surface area contributed by atoms with Gasteiger partial charge in [-0.05, 0) is 11.6 Å². The maximum Gasteiger partial charge on any atom is 0.116 e. The molecule has 1 aromatic carbocycles. The molecule has 0 aromatic heterocycles. The van der Waals surface area contributed by atoms with E-state index in [2.05, 4.69) is 29.2 Å². The summed E-state index contributed by atoms with van der Waals surface area (Å²) in [5.41, 5.74) is 2.59. The number of methoxy groups -OCH3 is 1. The first-order valence-corrected chi connectivity index (χ1v) is 4.36. The van der Waals surface area contributed by atoms with E-state index in [9.17, 15) is 0 Å². The number of nitrogens with zero attached hydrogens (tertiary/aromatic N) is 1. The molecule has 1 aromatic rings. The van der Waals surface area contributed by atoms with Crippen LogP contribution in [-0.2, 0) is 11.2 Å². The molecule has 0 spiro atoms. The summed E-state index contributed by atoms with van der Waals surface area (Å²) >= 11 is 0. The molecule has 0 unspecified atom stereocenters. The molecule has 0 bridgehead atoms. The average Bonchev–Trinajstić information content (AvgIpc) is 2.18. The van der Waals surface area contributed by atoms with E-state index in [0.29, 0.717) is 0 Å². The molecule has 68 valence electrons. The molecule has 0 amide bonds. The van der Waals surface area contributed by atoms with Crippen LogP contribution in [0.15, 0.2) is 36.2 Å². The zero-order chi connectivity index (χ0) is 9.26. The van der Waals surface area contributed by atoms with Crippen molar-refractivity contribution in [1.82, 2.24) is 0 Å². The summed E-state index contributed by atoms with van der Waals surface area (Å²) in [7, 11) is 3.75. The Morgan fingerprint density at radius 2 is 2.08 bits per heavy atom. The van der Waals surface area contributed by atoms with Crippen molar-refractivity contribution in [2.45, 2.75) is 6.42 Å². The fourth-order valence-electron chi connectivity index (χ4n) is 1.65. The van der Waals surface area contributed by atoms with E-state index >= 15 is 0 Å². The quantitative estimate of drug-likeness (QED) is 0.648. The lowest BCUT2D eigenvalue weighted by Gasteiger charge is -2.24. The minimum atomic E-state index is 0.900. The molecule has 0 N–H and O–H groups in total. The minimum Gasteiger partial charge on any atom is -0.499 e. The molecule has 2 nitrogen and oxygen atoms in total. The van der Waals surface area contributed by atoms with Crippen molar-refractivity contribution in [3.05, 3.63) is 41.8 Å². The maximum atomic E-state index is 5.24. The highest BCUT2D eigenvalue weighted by Gasteiger charge is 2.13. The molecule has 0 saturated carbocycles. The standard InChI is InChI=1S/C11H13NO/c1-12-8-10(13-2)7-9-5-3-4-6-11(9)12/h3-6,8H,7H2,1-2H3. The highest BCUT2D eigenvalue weighted by molar-refractivity contribution is 5.58. The average molecular weight is 175 g/mol. The Morgan fingerprint density at radius 1 is 1.31 bits per heavy atom. The molecule has 0 atom stereocenters. The predicted octanol–water partition coefficient (Wildman–Crippen LogP) is 2.17. The Labute approximate surface area is 78.4 Å². The zero-order valence-electron chi connectivity index (χ0n) is 7.95. The minimum absolute atomic E-state index is 0.900. The second kappa shape index (κ2) is 3.13. The number of benzene rings is 1. The van der Waals surface area contributed by atoms with Gasteiger partial charge in [-0.15, -0.1) is 0 Å². The third-order valence-electron chi connectivity index (χ3n) is 2.34. The molecule has 0 aliphatic carbocycles. The number of hydrogen-bond donors (Lipinski definition) is 0. The Bertz CT molecular complexity index is 344. The lowest BCUT2D eigenvalue weighted by Crippen LogP contribution is -2.17. The van der Waals surface area contributed by atoms with Crippen LogP contribution >= 0.6 is 0 Å². The van der Waals surface area contributed by atoms with Gasteiger partial charge in [0.2, 0.25) is 0 Å². The summed E-state index contributed by atoms with van der Waals surface area (Å²) in [6, 6.07) is 8.38. The van der Waals surface area contributed by atoms with Crippen LogP contribution in [0.4, 0.5) is 5.69 Å². The Balaban J connectivity index is 2.40. The van der Waals surface area contributed by atoms with Gasteiger partial charge in [-0.2, -0.15) is 0 Å². The van der Waals surface area contributed by atoms with E-state index in [0.717, 1.165) is 12.2 Å². The SMILES string of the molecule is COC1=CN(C)c2ccccc2C1. The lowest BCUT2D eigenvalue weighted by molar-refractivity contribution is 0.280. The smallest absolute Gasteiger partial charge is 0.116 e. The van der Waals surface area contributed by atoms with Gasteiger partial charge in [-0.1, -0.05) is 18.2 Å². The van der Waals surface area contributed by atoms with E-state index in [1.54, 1.807) is 7.11 Å². The van der Waals surface area contributed by atoms with Gasteiger partial charge in [-0.25, -0.2) is 0 Å². The van der Waals surface area contributed by atoms with Crippen LogP contribution < -0.4 is 4.90 Å². The molecule has 13 heavy (non-hydrogen) atoms. The third-order valence-corrected chi connectivity index (χ3v) is 2.34. The normalized spacial score (nSPS) is 14.9. The Morgan fingerprint density at radius 3 is 2.85 bits per heavy atom. The Hall–Kier alpha value is -1.44. The second-order valence-electron chi connectivity index (χ2n) is 3.22. The number of ether oxygens (including phenoxy) is 1. The van der Waals surface area contributed by atoms with Crippen molar-refractivity contribution >= 4 is 5.69 Å². The molecule has 1 aliphatic heterocycles. The molecule has 0 radical (unpaired) electrons. The van der Waals surface area contributed by atoms with Crippen molar-refractivity contribution in [2.24, 2.45) is 0 Å². The summed E-state index contributed by atoms with van der Waals surface area (Å²) < 4.78 is 5.24. The van der Waals surface area contributed by atoms with E-state index in [4.69, 9.17) is 4.74 Å². The van der Waals surface area contributed by atoms with Crippen LogP contribution in [0.5, 0.6) is 0 Å². The molecule has 1 heterocycles. The van der Waals surface area contributed by atoms with E-state index in [1.165, 1.54) is 11.3 Å². The number of allylic oxidation sites excluding steroid dienone is 1. The summed E-state index contributed by atoms with van der Waals surface area (Å²) in [6.07, 6.45) is 2.93. The Kier molecular flexibility index (Phi) is 1.97. The van der Waals surface area contributed by atoms with Crippen molar-refractivity contribution in [1.29, 1.82) is 0 Å². The molecule has 0 saturated heterocycles. The van der Waals surface area contributed by atoms with Gasteiger partial charge in [0.1, 0.15) is 5.76 Å². The van der Waals surface area contributed by atoms with Crippen LogP contribution in [0.2, 0.25) is 0 Å². The zero-order valence-corrected chi connectivity index (χ0v) is 7.95. The number of hydrogen-bond acceptors (Lipinski definition) is 2. The molecule has 1 aliphatic rings. The van der Waals surface area contributed by atoms with Crippen molar-refractivity contribution < 1.29 is 4.74 Å². The second-order valence-corrected chi connectivity index (χ2v) is 3.22. The van der Waals surface area contributed by atoms with Crippen LogP contribution in [0.1, 0.15) is 5.56 Å². The molecule has 2 heteroatoms. The van der Waals surface area contributed by atoms with Crippen LogP contribution in [0.3, 0.4) is 0 Å². The number of rotatable bonds is 1. The van der Waals surface area contributed by atoms with E-state index in [-0.39, 0.29) is 0 Å². The van der Waals surface area contributed by atoms with E-state index < -0.39 is 0 Å². The molecule has 0 fully saturated rings. The largest absolute Gasteiger partial charge is 0.499 e. The molecular weight excluding hydrogens is 162 g/mol. The summed E-state index contributed by atoms with van der Waals surface area (Å²) in [4.78, 5) is 2.09. The monoisotopic (exact) mass is 175 g/mol. The van der Waals surface area contributed by atoms with E-state index in [1.807, 2.05) is 13.2 Å². The topological polar surface area (TPSA) is 12.5 Å². The first-order valence-electron chi connectivity index (χ1n) is 4.36. The third kappa shape index (κ3) is 1.39. The highest BCUT2D eigenvalue weighted by atomic mass is 16.5. The van der Waals surface area contributed by atoms with Crippen LogP contribution in [0, 0.1) is 0 Å². The summed E-state index contributed by atoms with van der Waals surface area (Å²) in [5, 5.41) is 0. The lowest BCUT2D eigenvalue weighted by atomic mass is 10.1. The van der Waals surface area contributed by atoms with Gasteiger partial charge >= 0.3 is 0 Å². The first-order chi connectivity index (χ1) is 6.31. The molecule has 2 rings (SSSR count). The predicted molar refractivity (Wildman–Crippen MR) is 53.6 cm³/mol. The van der Waals surface area contributed by atoms with Crippen molar-refractivity contribution in [2.75, 3.05) is 19.1 Å². The summed E-state index contributed by atoms with van der Waals surface area (Å²) in [6.45, 7) is 0. The fraction of sp³-hybridized carbons (Fsp3) is 0.273. The van der Waals surface area contributed by atoms with Crippen LogP contribution in [0.25, 0.3) is 0 Å². The number of para-hydroxylation sites is 1. The van der Waals surface area contributed by atoms with Crippen LogP contribution in [-0.4, -0.2) is 14.2 Å². The van der Waals surface area contributed by atoms with Gasteiger partial charge in [0.05, 0.1) is 7.11 Å². The number of fused-ring (bicyclic) bond motifs is 1. The summed E-state index contributed by atoms with van der Waals surface area (Å²) in [5.74, 6) is 1.02. The van der Waals surface area contributed by atoms with Gasteiger partial charge in [0, 0.05) is 25.4 Å². The van der Waals surface area contributed by atoms with Gasteiger partial charge in [-0.3, -0.25) is 0 Å². The maximum absolute atomic E-state index is 5.24. The van der Waals surface area contributed by atoms with Crippen molar-refractivity contribution in [3.8, 4) is 0 Å². The van der Waals surface area contributed by atoms with Gasteiger partial charge < -0.3 is 9.64 Å². The van der Waals surface area contributed by atoms with Gasteiger partial charge in [0.15, 0.2) is 0 Å².